The topological polar surface area (TPSA) is 20.9 Å². The van der Waals surface area contributed by atoms with Crippen molar-refractivity contribution in [1.29, 1.82) is 0 Å². The molecule has 100 valence electrons. The molecular weight excluding hydrogens is 248 g/mol. The molecule has 0 saturated carbocycles. The Bertz CT molecular complexity index is 759. The molecule has 0 saturated heterocycles. The molecule has 0 radical (unpaired) electrons. The van der Waals surface area contributed by atoms with E-state index in [-0.39, 0.29) is 0 Å². The number of hydrogen-bond acceptors (Lipinski definition) is 1. The highest BCUT2D eigenvalue weighted by Gasteiger charge is 2.20. The summed E-state index contributed by atoms with van der Waals surface area (Å²) in [5.41, 5.74) is 4.77. The molecule has 1 aromatic carbocycles. The number of oxazole rings is 1. The zero-order chi connectivity index (χ0) is 14.1. The van der Waals surface area contributed by atoms with Crippen molar-refractivity contribution in [2.45, 2.75) is 6.92 Å². The summed E-state index contributed by atoms with van der Waals surface area (Å²) in [6.07, 6.45) is 5.70. The minimum Gasteiger partial charge on any atom is -0.406 e. The highest BCUT2D eigenvalue weighted by atomic mass is 16.3. The molecule has 2 heterocycles. The third kappa shape index (κ3) is 2.01. The van der Waals surface area contributed by atoms with Crippen molar-refractivity contribution in [2.75, 3.05) is 0 Å². The van der Waals surface area contributed by atoms with E-state index in [0.29, 0.717) is 0 Å². The lowest BCUT2D eigenvalue weighted by molar-refractivity contribution is -0.662. The van der Waals surface area contributed by atoms with E-state index in [9.17, 15) is 0 Å². The minimum atomic E-state index is 0.878. The molecular formula is C17H18N2O+2. The molecule has 0 aliphatic carbocycles. The molecule has 3 aromatic rings. The summed E-state index contributed by atoms with van der Waals surface area (Å²) in [6, 6.07) is 12.6. The molecule has 3 rings (SSSR count). The second kappa shape index (κ2) is 4.93. The van der Waals surface area contributed by atoms with E-state index in [4.69, 9.17) is 4.42 Å². The van der Waals surface area contributed by atoms with Crippen LogP contribution in [0.3, 0.4) is 0 Å². The first-order valence-electron chi connectivity index (χ1n) is 6.66. The summed E-state index contributed by atoms with van der Waals surface area (Å²) in [7, 11) is 4.06. The maximum atomic E-state index is 5.61. The van der Waals surface area contributed by atoms with Gasteiger partial charge in [0.25, 0.3) is 0 Å². The van der Waals surface area contributed by atoms with E-state index in [1.54, 1.807) is 6.26 Å². The highest BCUT2D eigenvalue weighted by Crippen LogP contribution is 2.28. The molecule has 0 bridgehead atoms. The smallest absolute Gasteiger partial charge is 0.380 e. The normalized spacial score (nSPS) is 10.8. The Morgan fingerprint density at radius 2 is 1.65 bits per heavy atom. The lowest BCUT2D eigenvalue weighted by Gasteiger charge is -2.06. The van der Waals surface area contributed by atoms with Crippen LogP contribution in [-0.2, 0) is 14.1 Å². The summed E-state index contributed by atoms with van der Waals surface area (Å²) in [6.45, 7) is 2.14. The van der Waals surface area contributed by atoms with Crippen molar-refractivity contribution in [3.63, 3.8) is 0 Å². The van der Waals surface area contributed by atoms with Crippen molar-refractivity contribution in [1.82, 2.24) is 0 Å². The van der Waals surface area contributed by atoms with Crippen molar-refractivity contribution in [2.24, 2.45) is 14.1 Å². The average Bonchev–Trinajstić information content (AvgIpc) is 2.86. The van der Waals surface area contributed by atoms with Crippen LogP contribution in [0.25, 0.3) is 22.7 Å². The lowest BCUT2D eigenvalue weighted by Crippen LogP contribution is -2.30. The fourth-order valence-electron chi connectivity index (χ4n) is 2.54. The highest BCUT2D eigenvalue weighted by molar-refractivity contribution is 5.71. The lowest BCUT2D eigenvalue weighted by atomic mass is 9.99. The summed E-state index contributed by atoms with van der Waals surface area (Å²) < 4.78 is 9.74. The number of nitrogens with zero attached hydrogens (tertiary/aromatic N) is 2. The molecule has 20 heavy (non-hydrogen) atoms. The van der Waals surface area contributed by atoms with Gasteiger partial charge in [-0.1, -0.05) is 6.07 Å². The predicted octanol–water partition coefficient (Wildman–Crippen LogP) is 2.57. The van der Waals surface area contributed by atoms with Gasteiger partial charge in [0.2, 0.25) is 11.9 Å². The fraction of sp³-hybridized carbons (Fsp3) is 0.176. The maximum Gasteiger partial charge on any atom is 0.380 e. The van der Waals surface area contributed by atoms with Crippen molar-refractivity contribution < 1.29 is 13.6 Å². The number of aryl methyl sites for hydroxylation is 2. The maximum absolute atomic E-state index is 5.61. The second-order valence-electron chi connectivity index (χ2n) is 4.99. The van der Waals surface area contributed by atoms with Gasteiger partial charge in [-0.25, -0.2) is 4.57 Å². The van der Waals surface area contributed by atoms with Gasteiger partial charge in [-0.15, -0.1) is 0 Å². The first-order valence-corrected chi connectivity index (χ1v) is 6.66. The van der Waals surface area contributed by atoms with Crippen LogP contribution in [0, 0.1) is 6.92 Å². The molecule has 0 aliphatic rings. The first kappa shape index (κ1) is 12.6. The van der Waals surface area contributed by atoms with Crippen LogP contribution in [-0.4, -0.2) is 0 Å². The third-order valence-electron chi connectivity index (χ3n) is 3.68. The van der Waals surface area contributed by atoms with Gasteiger partial charge < -0.3 is 4.42 Å². The molecule has 3 nitrogen and oxygen atoms in total. The van der Waals surface area contributed by atoms with E-state index in [1.807, 2.05) is 23.9 Å². The largest absolute Gasteiger partial charge is 0.406 e. The average molecular weight is 266 g/mol. The number of pyridine rings is 1. The molecule has 0 fully saturated rings. The molecule has 0 atom stereocenters. The third-order valence-corrected chi connectivity index (χ3v) is 3.68. The van der Waals surface area contributed by atoms with E-state index in [1.165, 1.54) is 16.8 Å². The number of aromatic nitrogens is 2. The van der Waals surface area contributed by atoms with Crippen LogP contribution in [0.1, 0.15) is 5.56 Å². The first-order chi connectivity index (χ1) is 9.68. The molecule has 0 aliphatic heterocycles. The van der Waals surface area contributed by atoms with Crippen LogP contribution < -0.4 is 9.13 Å². The monoisotopic (exact) mass is 266 g/mol. The summed E-state index contributed by atoms with van der Waals surface area (Å²) in [5, 5.41) is 0. The number of benzene rings is 1. The second-order valence-corrected chi connectivity index (χ2v) is 4.99. The Morgan fingerprint density at radius 1 is 0.850 bits per heavy atom. The van der Waals surface area contributed by atoms with Crippen molar-refractivity contribution in [3.05, 3.63) is 60.6 Å². The fourth-order valence-corrected chi connectivity index (χ4v) is 2.54. The Morgan fingerprint density at radius 3 is 2.35 bits per heavy atom. The van der Waals surface area contributed by atoms with E-state index in [2.05, 4.69) is 55.1 Å². The van der Waals surface area contributed by atoms with Crippen LogP contribution in [0.5, 0.6) is 0 Å². The standard InChI is InChI=1S/C17H18N2O/c1-13-14(16-9-4-5-10-18(16)2)7-6-8-15(13)17-19(3)11-12-20-17/h4-12H,1-3H3/q+2. The molecule has 0 spiro atoms. The SMILES string of the molecule is Cc1c(-c2cccc[n+]2C)cccc1-c1occ[n+]1C. The van der Waals surface area contributed by atoms with Gasteiger partial charge in [-0.05, 0) is 30.7 Å². The predicted molar refractivity (Wildman–Crippen MR) is 76.7 cm³/mol. The van der Waals surface area contributed by atoms with Gasteiger partial charge in [-0.3, -0.25) is 0 Å². The van der Waals surface area contributed by atoms with Gasteiger partial charge in [-0.2, -0.15) is 4.57 Å². The Hall–Kier alpha value is -2.42. The zero-order valence-corrected chi connectivity index (χ0v) is 12.0. The molecule has 2 aromatic heterocycles. The molecule has 0 amide bonds. The number of hydrogen-bond donors (Lipinski definition) is 0. The summed E-state index contributed by atoms with van der Waals surface area (Å²) >= 11 is 0. The molecule has 0 N–H and O–H groups in total. The van der Waals surface area contributed by atoms with Gasteiger partial charge in [0.1, 0.15) is 14.1 Å². The zero-order valence-electron chi connectivity index (χ0n) is 12.0. The van der Waals surface area contributed by atoms with Crippen LogP contribution in [0.4, 0.5) is 0 Å². The van der Waals surface area contributed by atoms with Gasteiger partial charge in [0, 0.05) is 12.1 Å². The Balaban J connectivity index is 2.21. The van der Waals surface area contributed by atoms with Gasteiger partial charge in [0.05, 0.1) is 11.1 Å². The summed E-state index contributed by atoms with van der Waals surface area (Å²) in [5.74, 6) is 0.878. The summed E-state index contributed by atoms with van der Waals surface area (Å²) in [4.78, 5) is 0. The van der Waals surface area contributed by atoms with Gasteiger partial charge in [0.15, 0.2) is 12.5 Å². The number of rotatable bonds is 2. The van der Waals surface area contributed by atoms with Gasteiger partial charge >= 0.3 is 5.89 Å². The Kier molecular flexibility index (Phi) is 3.11. The van der Waals surface area contributed by atoms with Crippen LogP contribution in [0.15, 0.2) is 59.5 Å². The molecule has 3 heteroatoms. The Labute approximate surface area is 118 Å². The quantitative estimate of drug-likeness (QED) is 0.653. The van der Waals surface area contributed by atoms with E-state index >= 15 is 0 Å². The minimum absolute atomic E-state index is 0.878. The van der Waals surface area contributed by atoms with Crippen LogP contribution >= 0.6 is 0 Å². The van der Waals surface area contributed by atoms with Crippen molar-refractivity contribution in [3.8, 4) is 22.7 Å². The van der Waals surface area contributed by atoms with E-state index in [0.717, 1.165) is 11.5 Å². The van der Waals surface area contributed by atoms with Crippen molar-refractivity contribution >= 4 is 0 Å². The van der Waals surface area contributed by atoms with Crippen LogP contribution in [0.2, 0.25) is 0 Å². The molecule has 0 unspecified atom stereocenters. The van der Waals surface area contributed by atoms with E-state index < -0.39 is 0 Å².